The Hall–Kier alpha value is -3.02. The molecule has 0 amide bonds. The first kappa shape index (κ1) is 17.8. The smallest absolute Gasteiger partial charge is 0.247 e. The first-order valence-electron chi connectivity index (χ1n) is 8.81. The van der Waals surface area contributed by atoms with Crippen molar-refractivity contribution in [2.75, 3.05) is 29.9 Å². The molecule has 134 valence electrons. The second kappa shape index (κ2) is 8.38. The van der Waals surface area contributed by atoms with Crippen LogP contribution in [0.5, 0.6) is 0 Å². The van der Waals surface area contributed by atoms with Crippen molar-refractivity contribution in [3.05, 3.63) is 66.1 Å². The Morgan fingerprint density at radius 1 is 1.08 bits per heavy atom. The Morgan fingerprint density at radius 3 is 2.62 bits per heavy atom. The molecule has 0 unspecified atom stereocenters. The highest BCUT2D eigenvalue weighted by atomic mass is 15.3. The van der Waals surface area contributed by atoms with Crippen LogP contribution in [-0.2, 0) is 6.42 Å². The Balaban J connectivity index is 1.76. The lowest BCUT2D eigenvalue weighted by Gasteiger charge is -2.23. The Labute approximate surface area is 154 Å². The zero-order valence-corrected chi connectivity index (χ0v) is 15.5. The van der Waals surface area contributed by atoms with E-state index in [2.05, 4.69) is 58.2 Å². The van der Waals surface area contributed by atoms with Gasteiger partial charge in [-0.1, -0.05) is 12.1 Å². The molecule has 0 bridgehead atoms. The van der Waals surface area contributed by atoms with E-state index < -0.39 is 0 Å². The van der Waals surface area contributed by atoms with Crippen LogP contribution in [0.3, 0.4) is 0 Å². The van der Waals surface area contributed by atoms with Gasteiger partial charge in [-0.05, 0) is 55.7 Å². The molecule has 26 heavy (non-hydrogen) atoms. The van der Waals surface area contributed by atoms with Gasteiger partial charge >= 0.3 is 0 Å². The minimum absolute atomic E-state index is 0.627. The molecular formula is C20H24N6. The van der Waals surface area contributed by atoms with Crippen molar-refractivity contribution >= 4 is 17.5 Å². The zero-order chi connectivity index (χ0) is 18.4. The SMILES string of the molecule is CCN(c1cccc(C)c1)c1cnnc(N(C)CCc2ccncc2)n1. The van der Waals surface area contributed by atoms with Crippen LogP contribution >= 0.6 is 0 Å². The number of hydrogen-bond acceptors (Lipinski definition) is 6. The number of aryl methyl sites for hydroxylation is 1. The highest BCUT2D eigenvalue weighted by Gasteiger charge is 2.13. The molecule has 0 N–H and O–H groups in total. The molecule has 2 aromatic heterocycles. The maximum atomic E-state index is 4.73. The summed E-state index contributed by atoms with van der Waals surface area (Å²) in [5.74, 6) is 1.43. The monoisotopic (exact) mass is 348 g/mol. The highest BCUT2D eigenvalue weighted by Crippen LogP contribution is 2.24. The predicted octanol–water partition coefficient (Wildman–Crippen LogP) is 3.41. The topological polar surface area (TPSA) is 58.0 Å². The van der Waals surface area contributed by atoms with Crippen LogP contribution in [-0.4, -0.2) is 40.3 Å². The fourth-order valence-corrected chi connectivity index (χ4v) is 2.80. The summed E-state index contributed by atoms with van der Waals surface area (Å²) in [7, 11) is 1.99. The van der Waals surface area contributed by atoms with Crippen LogP contribution in [0.4, 0.5) is 17.5 Å². The van der Waals surface area contributed by atoms with E-state index in [1.165, 1.54) is 11.1 Å². The predicted molar refractivity (Wildman–Crippen MR) is 105 cm³/mol. The normalized spacial score (nSPS) is 10.6. The number of pyridine rings is 1. The Kier molecular flexibility index (Phi) is 5.73. The number of likely N-dealkylation sites (N-methyl/N-ethyl adjacent to an activating group) is 1. The maximum absolute atomic E-state index is 4.73. The van der Waals surface area contributed by atoms with Crippen molar-refractivity contribution in [1.82, 2.24) is 20.2 Å². The van der Waals surface area contributed by atoms with Gasteiger partial charge in [0.15, 0.2) is 5.82 Å². The van der Waals surface area contributed by atoms with Gasteiger partial charge in [-0.25, -0.2) is 0 Å². The third-order valence-corrected chi connectivity index (χ3v) is 4.27. The summed E-state index contributed by atoms with van der Waals surface area (Å²) in [6.45, 7) is 5.82. The summed E-state index contributed by atoms with van der Waals surface area (Å²) in [5, 5.41) is 8.38. The van der Waals surface area contributed by atoms with Gasteiger partial charge in [-0.3, -0.25) is 4.98 Å². The number of nitrogens with zero attached hydrogens (tertiary/aromatic N) is 6. The van der Waals surface area contributed by atoms with Crippen LogP contribution in [0.2, 0.25) is 0 Å². The van der Waals surface area contributed by atoms with Gasteiger partial charge < -0.3 is 9.80 Å². The molecule has 2 heterocycles. The lowest BCUT2D eigenvalue weighted by molar-refractivity contribution is 0.803. The van der Waals surface area contributed by atoms with E-state index in [9.17, 15) is 0 Å². The summed E-state index contributed by atoms with van der Waals surface area (Å²) in [5.41, 5.74) is 3.57. The molecule has 0 aliphatic carbocycles. The molecule has 6 heteroatoms. The Bertz CT molecular complexity index is 836. The standard InChI is InChI=1S/C20H24N6/c1-4-26(18-7-5-6-16(2)14-18)19-15-22-24-20(23-19)25(3)13-10-17-8-11-21-12-9-17/h5-9,11-12,14-15H,4,10,13H2,1-3H3. The van der Waals surface area contributed by atoms with E-state index in [1.807, 2.05) is 36.5 Å². The van der Waals surface area contributed by atoms with Gasteiger partial charge in [0.1, 0.15) is 0 Å². The first-order valence-corrected chi connectivity index (χ1v) is 8.81. The number of aromatic nitrogens is 4. The number of benzene rings is 1. The van der Waals surface area contributed by atoms with Crippen LogP contribution in [0.1, 0.15) is 18.1 Å². The van der Waals surface area contributed by atoms with Crippen LogP contribution in [0.25, 0.3) is 0 Å². The first-order chi connectivity index (χ1) is 12.7. The number of rotatable bonds is 7. The van der Waals surface area contributed by atoms with Crippen molar-refractivity contribution < 1.29 is 0 Å². The summed E-state index contributed by atoms with van der Waals surface area (Å²) in [4.78, 5) is 12.9. The largest absolute Gasteiger partial charge is 0.342 e. The van der Waals surface area contributed by atoms with Crippen molar-refractivity contribution in [2.24, 2.45) is 0 Å². The van der Waals surface area contributed by atoms with Gasteiger partial charge in [0, 0.05) is 38.2 Å². The van der Waals surface area contributed by atoms with Gasteiger partial charge in [0.05, 0.1) is 6.20 Å². The molecule has 0 aliphatic heterocycles. The molecule has 3 aromatic rings. The van der Waals surface area contributed by atoms with Crippen molar-refractivity contribution in [3.8, 4) is 0 Å². The summed E-state index contributed by atoms with van der Waals surface area (Å²) < 4.78 is 0. The molecule has 1 aromatic carbocycles. The number of hydrogen-bond donors (Lipinski definition) is 0. The average molecular weight is 348 g/mol. The molecular weight excluding hydrogens is 324 g/mol. The molecule has 3 rings (SSSR count). The summed E-state index contributed by atoms with van der Waals surface area (Å²) >= 11 is 0. The van der Waals surface area contributed by atoms with Crippen molar-refractivity contribution in [2.45, 2.75) is 20.3 Å². The zero-order valence-electron chi connectivity index (χ0n) is 15.5. The minimum atomic E-state index is 0.627. The third kappa shape index (κ3) is 4.33. The molecule has 0 atom stereocenters. The molecule has 0 saturated carbocycles. The van der Waals surface area contributed by atoms with Gasteiger partial charge in [-0.15, -0.1) is 5.10 Å². The second-order valence-corrected chi connectivity index (χ2v) is 6.22. The van der Waals surface area contributed by atoms with E-state index in [4.69, 9.17) is 4.98 Å². The highest BCUT2D eigenvalue weighted by molar-refractivity contribution is 5.60. The molecule has 6 nitrogen and oxygen atoms in total. The fraction of sp³-hybridized carbons (Fsp3) is 0.300. The molecule has 0 spiro atoms. The average Bonchev–Trinajstić information content (AvgIpc) is 2.68. The summed E-state index contributed by atoms with van der Waals surface area (Å²) in [6.07, 6.45) is 6.25. The van der Waals surface area contributed by atoms with Crippen molar-refractivity contribution in [3.63, 3.8) is 0 Å². The quantitative estimate of drug-likeness (QED) is 0.652. The molecule has 0 fully saturated rings. The summed E-state index contributed by atoms with van der Waals surface area (Å²) in [6, 6.07) is 12.4. The van der Waals surface area contributed by atoms with E-state index in [-0.39, 0.29) is 0 Å². The maximum Gasteiger partial charge on any atom is 0.247 e. The van der Waals surface area contributed by atoms with E-state index in [0.29, 0.717) is 5.95 Å². The van der Waals surface area contributed by atoms with E-state index >= 15 is 0 Å². The van der Waals surface area contributed by atoms with Crippen LogP contribution < -0.4 is 9.80 Å². The molecule has 0 radical (unpaired) electrons. The fourth-order valence-electron chi connectivity index (χ4n) is 2.80. The van der Waals surface area contributed by atoms with Crippen molar-refractivity contribution in [1.29, 1.82) is 0 Å². The van der Waals surface area contributed by atoms with Gasteiger partial charge in [0.25, 0.3) is 0 Å². The lowest BCUT2D eigenvalue weighted by atomic mass is 10.2. The third-order valence-electron chi connectivity index (χ3n) is 4.27. The van der Waals surface area contributed by atoms with Crippen LogP contribution in [0.15, 0.2) is 55.0 Å². The minimum Gasteiger partial charge on any atom is -0.342 e. The molecule has 0 aliphatic rings. The molecule has 0 saturated heterocycles. The Morgan fingerprint density at radius 2 is 1.88 bits per heavy atom. The lowest BCUT2D eigenvalue weighted by Crippen LogP contribution is -2.25. The van der Waals surface area contributed by atoms with E-state index in [0.717, 1.165) is 31.0 Å². The van der Waals surface area contributed by atoms with E-state index in [1.54, 1.807) is 6.20 Å². The second-order valence-electron chi connectivity index (χ2n) is 6.22. The van der Waals surface area contributed by atoms with Gasteiger partial charge in [-0.2, -0.15) is 10.1 Å². The van der Waals surface area contributed by atoms with Crippen LogP contribution in [0, 0.1) is 6.92 Å². The van der Waals surface area contributed by atoms with Gasteiger partial charge in [0.2, 0.25) is 5.95 Å². The number of anilines is 3.